The van der Waals surface area contributed by atoms with Gasteiger partial charge >= 0.3 is 0 Å². The molecule has 0 radical (unpaired) electrons. The SMILES string of the molecule is C#CCN(CC1CC1)C(=O)c1ccc(F)c(F)c1. The summed E-state index contributed by atoms with van der Waals surface area (Å²) in [7, 11) is 0. The Balaban J connectivity index is 2.15. The fourth-order valence-electron chi connectivity index (χ4n) is 1.75. The van der Waals surface area contributed by atoms with E-state index in [9.17, 15) is 13.6 Å². The lowest BCUT2D eigenvalue weighted by atomic mass is 10.1. The minimum atomic E-state index is -1.02. The van der Waals surface area contributed by atoms with Crippen molar-refractivity contribution in [1.82, 2.24) is 4.90 Å². The molecule has 0 unspecified atom stereocenters. The molecule has 0 aliphatic heterocycles. The molecule has 1 amide bonds. The number of carbonyl (C=O) groups is 1. The quantitative estimate of drug-likeness (QED) is 0.751. The highest BCUT2D eigenvalue weighted by Gasteiger charge is 2.27. The zero-order valence-corrected chi connectivity index (χ0v) is 9.83. The van der Waals surface area contributed by atoms with Crippen LogP contribution in [0.5, 0.6) is 0 Å². The van der Waals surface area contributed by atoms with Crippen LogP contribution in [0.2, 0.25) is 0 Å². The van der Waals surface area contributed by atoms with Crippen molar-refractivity contribution in [1.29, 1.82) is 0 Å². The highest BCUT2D eigenvalue weighted by molar-refractivity contribution is 5.94. The molecule has 1 aliphatic carbocycles. The highest BCUT2D eigenvalue weighted by atomic mass is 19.2. The van der Waals surface area contributed by atoms with E-state index >= 15 is 0 Å². The summed E-state index contributed by atoms with van der Waals surface area (Å²) in [6.07, 6.45) is 7.40. The van der Waals surface area contributed by atoms with Crippen molar-refractivity contribution in [2.75, 3.05) is 13.1 Å². The van der Waals surface area contributed by atoms with Gasteiger partial charge in [-0.2, -0.15) is 0 Å². The van der Waals surface area contributed by atoms with Crippen molar-refractivity contribution < 1.29 is 13.6 Å². The van der Waals surface area contributed by atoms with Crippen molar-refractivity contribution in [3.8, 4) is 12.3 Å². The number of terminal acetylenes is 1. The van der Waals surface area contributed by atoms with Gasteiger partial charge in [0.25, 0.3) is 5.91 Å². The minimum Gasteiger partial charge on any atom is -0.327 e. The molecule has 1 fully saturated rings. The first kappa shape index (κ1) is 12.6. The molecule has 0 heterocycles. The van der Waals surface area contributed by atoms with Gasteiger partial charge in [0.2, 0.25) is 0 Å². The topological polar surface area (TPSA) is 20.3 Å². The van der Waals surface area contributed by atoms with Gasteiger partial charge in [0.1, 0.15) is 0 Å². The lowest BCUT2D eigenvalue weighted by Gasteiger charge is -2.20. The molecule has 18 heavy (non-hydrogen) atoms. The molecule has 2 nitrogen and oxygen atoms in total. The van der Waals surface area contributed by atoms with E-state index in [-0.39, 0.29) is 18.0 Å². The number of rotatable bonds is 4. The van der Waals surface area contributed by atoms with Gasteiger partial charge in [-0.25, -0.2) is 8.78 Å². The first-order valence-corrected chi connectivity index (χ1v) is 5.79. The molecule has 1 aliphatic rings. The van der Waals surface area contributed by atoms with Crippen LogP contribution >= 0.6 is 0 Å². The summed E-state index contributed by atoms with van der Waals surface area (Å²) in [5.41, 5.74) is 0.129. The van der Waals surface area contributed by atoms with E-state index in [0.29, 0.717) is 12.5 Å². The van der Waals surface area contributed by atoms with Crippen LogP contribution in [0.25, 0.3) is 0 Å². The Morgan fingerprint density at radius 2 is 2.11 bits per heavy atom. The lowest BCUT2D eigenvalue weighted by molar-refractivity contribution is 0.0769. The summed E-state index contributed by atoms with van der Waals surface area (Å²) < 4.78 is 25.9. The van der Waals surface area contributed by atoms with Gasteiger partial charge in [0.05, 0.1) is 6.54 Å². The van der Waals surface area contributed by atoms with Crippen LogP contribution in [-0.2, 0) is 0 Å². The number of hydrogen-bond acceptors (Lipinski definition) is 1. The van der Waals surface area contributed by atoms with Crippen molar-refractivity contribution in [3.63, 3.8) is 0 Å². The van der Waals surface area contributed by atoms with Gasteiger partial charge in [-0.15, -0.1) is 6.42 Å². The maximum atomic E-state index is 13.1. The summed E-state index contributed by atoms with van der Waals surface area (Å²) in [5, 5.41) is 0. The number of hydrogen-bond donors (Lipinski definition) is 0. The second kappa shape index (κ2) is 5.18. The molecular weight excluding hydrogens is 236 g/mol. The van der Waals surface area contributed by atoms with Crippen molar-refractivity contribution in [2.24, 2.45) is 5.92 Å². The van der Waals surface area contributed by atoms with Gasteiger partial charge in [-0.1, -0.05) is 5.92 Å². The lowest BCUT2D eigenvalue weighted by Crippen LogP contribution is -2.33. The van der Waals surface area contributed by atoms with E-state index in [1.54, 1.807) is 0 Å². The average Bonchev–Trinajstić information content (AvgIpc) is 3.15. The smallest absolute Gasteiger partial charge is 0.254 e. The maximum absolute atomic E-state index is 13.1. The zero-order chi connectivity index (χ0) is 13.1. The second-order valence-corrected chi connectivity index (χ2v) is 4.46. The van der Waals surface area contributed by atoms with Crippen LogP contribution in [0.3, 0.4) is 0 Å². The van der Waals surface area contributed by atoms with Gasteiger partial charge in [0, 0.05) is 12.1 Å². The number of benzene rings is 1. The second-order valence-electron chi connectivity index (χ2n) is 4.46. The van der Waals surface area contributed by atoms with Gasteiger partial charge in [-0.3, -0.25) is 4.79 Å². The largest absolute Gasteiger partial charge is 0.327 e. The molecule has 0 saturated heterocycles. The maximum Gasteiger partial charge on any atom is 0.254 e. The van der Waals surface area contributed by atoms with Gasteiger partial charge in [0.15, 0.2) is 11.6 Å². The van der Waals surface area contributed by atoms with E-state index in [0.717, 1.165) is 25.0 Å². The number of nitrogens with zero attached hydrogens (tertiary/aromatic N) is 1. The van der Waals surface area contributed by atoms with Crippen LogP contribution in [0.15, 0.2) is 18.2 Å². The predicted molar refractivity (Wildman–Crippen MR) is 63.8 cm³/mol. The summed E-state index contributed by atoms with van der Waals surface area (Å²) >= 11 is 0. The monoisotopic (exact) mass is 249 g/mol. The first-order valence-electron chi connectivity index (χ1n) is 5.79. The Kier molecular flexibility index (Phi) is 3.61. The van der Waals surface area contributed by atoms with Crippen molar-refractivity contribution in [3.05, 3.63) is 35.4 Å². The number of amides is 1. The van der Waals surface area contributed by atoms with E-state index in [1.807, 2.05) is 0 Å². The van der Waals surface area contributed by atoms with Crippen LogP contribution in [0, 0.1) is 29.9 Å². The molecule has 0 aromatic heterocycles. The van der Waals surface area contributed by atoms with E-state index in [2.05, 4.69) is 5.92 Å². The Morgan fingerprint density at radius 3 is 2.67 bits per heavy atom. The Bertz CT molecular complexity index is 503. The van der Waals surface area contributed by atoms with Gasteiger partial charge < -0.3 is 4.90 Å². The number of halogens is 2. The molecule has 4 heteroatoms. The molecule has 2 rings (SSSR count). The molecule has 0 spiro atoms. The van der Waals surface area contributed by atoms with Crippen LogP contribution in [0.1, 0.15) is 23.2 Å². The third-order valence-corrected chi connectivity index (χ3v) is 2.91. The van der Waals surface area contributed by atoms with Crippen LogP contribution in [0.4, 0.5) is 8.78 Å². The molecule has 1 aromatic carbocycles. The molecular formula is C14H13F2NO. The summed E-state index contributed by atoms with van der Waals surface area (Å²) in [6, 6.07) is 3.14. The molecule has 1 aromatic rings. The molecule has 0 N–H and O–H groups in total. The zero-order valence-electron chi connectivity index (χ0n) is 9.83. The Labute approximate surface area is 105 Å². The third-order valence-electron chi connectivity index (χ3n) is 2.91. The molecule has 94 valence electrons. The minimum absolute atomic E-state index is 0.129. The third kappa shape index (κ3) is 2.86. The van der Waals surface area contributed by atoms with Crippen LogP contribution < -0.4 is 0 Å². The molecule has 1 saturated carbocycles. The van der Waals surface area contributed by atoms with Crippen LogP contribution in [-0.4, -0.2) is 23.9 Å². The van der Waals surface area contributed by atoms with Gasteiger partial charge in [-0.05, 0) is 37.0 Å². The summed E-state index contributed by atoms with van der Waals surface area (Å²) in [6.45, 7) is 0.774. The predicted octanol–water partition coefficient (Wildman–Crippen LogP) is 2.45. The molecule has 0 bridgehead atoms. The van der Waals surface area contributed by atoms with Crippen molar-refractivity contribution in [2.45, 2.75) is 12.8 Å². The van der Waals surface area contributed by atoms with Crippen molar-refractivity contribution >= 4 is 5.91 Å². The normalized spacial score (nSPS) is 14.1. The Morgan fingerprint density at radius 1 is 1.39 bits per heavy atom. The highest BCUT2D eigenvalue weighted by Crippen LogP contribution is 2.30. The summed E-state index contributed by atoms with van der Waals surface area (Å²) in [4.78, 5) is 13.6. The van der Waals surface area contributed by atoms with E-state index in [4.69, 9.17) is 6.42 Å². The van der Waals surface area contributed by atoms with E-state index in [1.165, 1.54) is 11.0 Å². The molecule has 0 atom stereocenters. The fraction of sp³-hybridized carbons (Fsp3) is 0.357. The first-order chi connectivity index (χ1) is 8.61. The fourth-order valence-corrected chi connectivity index (χ4v) is 1.75. The summed E-state index contributed by atoms with van der Waals surface area (Å²) in [5.74, 6) is 0.578. The number of carbonyl (C=O) groups excluding carboxylic acids is 1. The van der Waals surface area contributed by atoms with E-state index < -0.39 is 11.6 Å². The average molecular weight is 249 g/mol. The standard InChI is InChI=1S/C14H13F2NO/c1-2-7-17(9-10-3-4-10)14(18)11-5-6-12(15)13(16)8-11/h1,5-6,8,10H,3-4,7,9H2. The Hall–Kier alpha value is -1.89.